The first kappa shape index (κ1) is 9.57. The van der Waals surface area contributed by atoms with Gasteiger partial charge in [0, 0.05) is 19.0 Å². The molecule has 0 aliphatic rings. The average molecular weight is 183 g/mol. The Hall–Kier alpha value is -1.52. The molecule has 1 heterocycles. The Morgan fingerprint density at radius 1 is 1.62 bits per heavy atom. The van der Waals surface area contributed by atoms with Crippen molar-refractivity contribution in [3.05, 3.63) is 16.4 Å². The Labute approximate surface area is 75.7 Å². The number of nitrogens with zero attached hydrogens (tertiary/aromatic N) is 1. The predicted molar refractivity (Wildman–Crippen MR) is 49.5 cm³/mol. The average Bonchev–Trinajstić information content (AvgIpc) is 2.30. The van der Waals surface area contributed by atoms with Crippen LogP contribution in [-0.4, -0.2) is 15.7 Å². The number of aromatic nitrogens is 2. The molecule has 1 rings (SSSR count). The van der Waals surface area contributed by atoms with Gasteiger partial charge in [-0.2, -0.15) is 0 Å². The fourth-order valence-electron chi connectivity index (χ4n) is 0.869. The number of carbonyl (C=O) groups excluding carboxylic acids is 1. The molecule has 72 valence electrons. The van der Waals surface area contributed by atoms with E-state index in [0.29, 0.717) is 5.82 Å². The third kappa shape index (κ3) is 2.21. The van der Waals surface area contributed by atoms with Crippen LogP contribution in [0.15, 0.2) is 10.9 Å². The number of hydrogen-bond donors (Lipinski definition) is 2. The molecular weight excluding hydrogens is 170 g/mol. The Bertz CT molecular complexity index is 362. The molecular formula is C8H13N3O2. The smallest absolute Gasteiger partial charge is 0.266 e. The van der Waals surface area contributed by atoms with E-state index in [1.807, 2.05) is 0 Å². The van der Waals surface area contributed by atoms with Crippen LogP contribution in [0.2, 0.25) is 0 Å². The summed E-state index contributed by atoms with van der Waals surface area (Å²) in [5, 5.41) is 5.12. The van der Waals surface area contributed by atoms with Crippen LogP contribution in [0.5, 0.6) is 0 Å². The maximum atomic E-state index is 11.2. The lowest BCUT2D eigenvalue weighted by atomic mass is 10.2. The van der Waals surface area contributed by atoms with Crippen molar-refractivity contribution in [2.24, 2.45) is 13.0 Å². The zero-order valence-corrected chi connectivity index (χ0v) is 7.92. The number of carbonyl (C=O) groups is 1. The molecule has 1 amide bonds. The minimum atomic E-state index is -0.221. The SMILES string of the molecule is CC(C)C(=O)Nc1cc(=O)[nH]n1C. The van der Waals surface area contributed by atoms with E-state index in [4.69, 9.17) is 0 Å². The molecule has 0 radical (unpaired) electrons. The lowest BCUT2D eigenvalue weighted by molar-refractivity contribution is -0.118. The fourth-order valence-corrected chi connectivity index (χ4v) is 0.869. The van der Waals surface area contributed by atoms with Crippen LogP contribution in [0, 0.1) is 5.92 Å². The van der Waals surface area contributed by atoms with Gasteiger partial charge in [-0.05, 0) is 0 Å². The summed E-state index contributed by atoms with van der Waals surface area (Å²) in [6.45, 7) is 3.58. The van der Waals surface area contributed by atoms with Gasteiger partial charge in [0.15, 0.2) is 0 Å². The van der Waals surface area contributed by atoms with E-state index >= 15 is 0 Å². The van der Waals surface area contributed by atoms with E-state index in [2.05, 4.69) is 10.4 Å². The number of aryl methyl sites for hydroxylation is 1. The van der Waals surface area contributed by atoms with Gasteiger partial charge >= 0.3 is 0 Å². The van der Waals surface area contributed by atoms with Crippen LogP contribution in [0.4, 0.5) is 5.82 Å². The summed E-state index contributed by atoms with van der Waals surface area (Å²) in [5.74, 6) is 0.295. The second-order valence-corrected chi connectivity index (χ2v) is 3.21. The minimum absolute atomic E-state index is 0.0926. The molecule has 0 saturated heterocycles. The van der Waals surface area contributed by atoms with Gasteiger partial charge in [-0.15, -0.1) is 0 Å². The van der Waals surface area contributed by atoms with Crippen LogP contribution in [0.3, 0.4) is 0 Å². The zero-order valence-electron chi connectivity index (χ0n) is 7.92. The molecule has 0 aliphatic heterocycles. The van der Waals surface area contributed by atoms with E-state index in [1.165, 1.54) is 10.7 Å². The molecule has 0 aliphatic carbocycles. The van der Waals surface area contributed by atoms with Crippen molar-refractivity contribution in [2.45, 2.75) is 13.8 Å². The second kappa shape index (κ2) is 3.47. The molecule has 0 spiro atoms. The molecule has 0 fully saturated rings. The van der Waals surface area contributed by atoms with Crippen molar-refractivity contribution in [3.63, 3.8) is 0 Å². The van der Waals surface area contributed by atoms with Gasteiger partial charge in [-0.1, -0.05) is 13.8 Å². The zero-order chi connectivity index (χ0) is 10.0. The topological polar surface area (TPSA) is 66.9 Å². The summed E-state index contributed by atoms with van der Waals surface area (Å²) in [7, 11) is 1.66. The van der Waals surface area contributed by atoms with Gasteiger partial charge in [-0.3, -0.25) is 19.4 Å². The molecule has 5 heteroatoms. The summed E-state index contributed by atoms with van der Waals surface area (Å²) in [4.78, 5) is 22.1. The monoisotopic (exact) mass is 183 g/mol. The van der Waals surface area contributed by atoms with E-state index in [9.17, 15) is 9.59 Å². The number of amides is 1. The molecule has 0 unspecified atom stereocenters. The summed E-state index contributed by atoms with van der Waals surface area (Å²) in [5.41, 5.74) is -0.221. The molecule has 1 aromatic rings. The fraction of sp³-hybridized carbons (Fsp3) is 0.500. The van der Waals surface area contributed by atoms with Gasteiger partial charge in [0.25, 0.3) is 5.56 Å². The standard InChI is InChI=1S/C8H13N3O2/c1-5(2)8(13)9-6-4-7(12)10-11(6)3/h4-5H,1-3H3,(H,9,13)(H,10,12). The first-order valence-corrected chi connectivity index (χ1v) is 4.07. The highest BCUT2D eigenvalue weighted by Crippen LogP contribution is 2.03. The normalized spacial score (nSPS) is 10.5. The van der Waals surface area contributed by atoms with Crippen molar-refractivity contribution < 1.29 is 4.79 Å². The molecule has 1 aromatic heterocycles. The summed E-state index contributed by atoms with van der Waals surface area (Å²) in [6, 6.07) is 1.35. The Morgan fingerprint density at radius 2 is 2.23 bits per heavy atom. The Balaban J connectivity index is 2.80. The van der Waals surface area contributed by atoms with E-state index < -0.39 is 0 Å². The van der Waals surface area contributed by atoms with E-state index in [0.717, 1.165) is 0 Å². The number of hydrogen-bond acceptors (Lipinski definition) is 2. The largest absolute Gasteiger partial charge is 0.311 e. The number of rotatable bonds is 2. The second-order valence-electron chi connectivity index (χ2n) is 3.21. The summed E-state index contributed by atoms with van der Waals surface area (Å²) < 4.78 is 1.47. The predicted octanol–water partition coefficient (Wildman–Crippen LogP) is 0.308. The van der Waals surface area contributed by atoms with Crippen molar-refractivity contribution in [1.29, 1.82) is 0 Å². The lowest BCUT2D eigenvalue weighted by Gasteiger charge is -2.06. The minimum Gasteiger partial charge on any atom is -0.311 e. The molecule has 13 heavy (non-hydrogen) atoms. The molecule has 0 atom stereocenters. The highest BCUT2D eigenvalue weighted by Gasteiger charge is 2.09. The van der Waals surface area contributed by atoms with Crippen molar-refractivity contribution in [1.82, 2.24) is 9.78 Å². The maximum Gasteiger partial charge on any atom is 0.266 e. The third-order valence-electron chi connectivity index (χ3n) is 1.68. The van der Waals surface area contributed by atoms with Crippen molar-refractivity contribution in [2.75, 3.05) is 5.32 Å². The highest BCUT2D eigenvalue weighted by molar-refractivity contribution is 5.91. The number of aromatic amines is 1. The highest BCUT2D eigenvalue weighted by atomic mass is 16.2. The van der Waals surface area contributed by atoms with Gasteiger partial charge in [-0.25, -0.2) is 0 Å². The molecule has 0 bridgehead atoms. The molecule has 5 nitrogen and oxygen atoms in total. The van der Waals surface area contributed by atoms with Gasteiger partial charge < -0.3 is 5.32 Å². The summed E-state index contributed by atoms with van der Waals surface area (Å²) >= 11 is 0. The van der Waals surface area contributed by atoms with Crippen LogP contribution < -0.4 is 10.9 Å². The number of H-pyrrole nitrogens is 1. The van der Waals surface area contributed by atoms with Crippen molar-refractivity contribution >= 4 is 11.7 Å². The lowest BCUT2D eigenvalue weighted by Crippen LogP contribution is -2.19. The number of anilines is 1. The van der Waals surface area contributed by atoms with Gasteiger partial charge in [0.05, 0.1) is 0 Å². The Kier molecular flexibility index (Phi) is 2.55. The summed E-state index contributed by atoms with van der Waals surface area (Å²) in [6.07, 6.45) is 0. The van der Waals surface area contributed by atoms with E-state index in [1.54, 1.807) is 20.9 Å². The van der Waals surface area contributed by atoms with Gasteiger partial charge in [0.1, 0.15) is 5.82 Å². The third-order valence-corrected chi connectivity index (χ3v) is 1.68. The first-order valence-electron chi connectivity index (χ1n) is 4.07. The maximum absolute atomic E-state index is 11.2. The molecule has 2 N–H and O–H groups in total. The van der Waals surface area contributed by atoms with E-state index in [-0.39, 0.29) is 17.4 Å². The van der Waals surface area contributed by atoms with Gasteiger partial charge in [0.2, 0.25) is 5.91 Å². The van der Waals surface area contributed by atoms with Crippen LogP contribution in [0.25, 0.3) is 0 Å². The first-order chi connectivity index (χ1) is 6.00. The van der Waals surface area contributed by atoms with Crippen LogP contribution in [0.1, 0.15) is 13.8 Å². The van der Waals surface area contributed by atoms with Crippen LogP contribution in [-0.2, 0) is 11.8 Å². The Morgan fingerprint density at radius 3 is 2.62 bits per heavy atom. The number of nitrogens with one attached hydrogen (secondary N) is 2. The molecule has 0 saturated carbocycles. The van der Waals surface area contributed by atoms with Crippen molar-refractivity contribution in [3.8, 4) is 0 Å². The van der Waals surface area contributed by atoms with Crippen LogP contribution >= 0.6 is 0 Å². The quantitative estimate of drug-likeness (QED) is 0.692. The molecule has 0 aromatic carbocycles.